The maximum Gasteiger partial charge on any atom is 0.113 e. The lowest BCUT2D eigenvalue weighted by atomic mass is 9.88. The van der Waals surface area contributed by atoms with Gasteiger partial charge in [0.1, 0.15) is 11.0 Å². The third kappa shape index (κ3) is 2.96. The molecule has 0 amide bonds. The third-order valence-electron chi connectivity index (χ3n) is 4.45. The summed E-state index contributed by atoms with van der Waals surface area (Å²) in [5, 5.41) is 11.1. The molecule has 3 nitrogen and oxygen atoms in total. The van der Waals surface area contributed by atoms with Crippen molar-refractivity contribution in [3.63, 3.8) is 0 Å². The van der Waals surface area contributed by atoms with Gasteiger partial charge < -0.3 is 0 Å². The fraction of sp³-hybridized carbons (Fsp3) is 0.0909. The number of benzene rings is 3. The minimum absolute atomic E-state index is 0.883. The van der Waals surface area contributed by atoms with Crippen LogP contribution in [0, 0.1) is 0 Å². The summed E-state index contributed by atoms with van der Waals surface area (Å²) >= 11 is 0. The zero-order chi connectivity index (χ0) is 17.1. The predicted octanol–water partition coefficient (Wildman–Crippen LogP) is 5.33. The van der Waals surface area contributed by atoms with Gasteiger partial charge in [0.25, 0.3) is 0 Å². The van der Waals surface area contributed by atoms with E-state index in [1.54, 1.807) is 0 Å². The van der Waals surface area contributed by atoms with Crippen LogP contribution >= 0.6 is 0 Å². The van der Waals surface area contributed by atoms with Crippen molar-refractivity contribution in [3.05, 3.63) is 95.6 Å². The van der Waals surface area contributed by atoms with Crippen molar-refractivity contribution in [2.45, 2.75) is 13.3 Å². The molecule has 0 aliphatic heterocycles. The van der Waals surface area contributed by atoms with E-state index < -0.39 is 0 Å². The molecule has 1 N–H and O–H groups in total. The summed E-state index contributed by atoms with van der Waals surface area (Å²) in [6.07, 6.45) is 0.949. The Hall–Kier alpha value is -3.20. The Labute approximate surface area is 147 Å². The monoisotopic (exact) mass is 325 g/mol. The zero-order valence-corrected chi connectivity index (χ0v) is 14.1. The smallest absolute Gasteiger partial charge is 0.113 e. The molecule has 122 valence electrons. The minimum atomic E-state index is 0.883. The van der Waals surface area contributed by atoms with Gasteiger partial charge in [0, 0.05) is 0 Å². The van der Waals surface area contributed by atoms with Gasteiger partial charge in [0.2, 0.25) is 0 Å². The lowest BCUT2D eigenvalue weighted by Gasteiger charge is -2.16. The molecule has 4 rings (SSSR count). The van der Waals surface area contributed by atoms with Crippen LogP contribution in [-0.4, -0.2) is 15.4 Å². The first-order valence-electron chi connectivity index (χ1n) is 8.51. The van der Waals surface area contributed by atoms with Crippen molar-refractivity contribution >= 4 is 22.2 Å². The van der Waals surface area contributed by atoms with Crippen LogP contribution in [0.2, 0.25) is 0 Å². The molecule has 0 saturated carbocycles. The molecule has 0 aliphatic carbocycles. The molecule has 1 aromatic heterocycles. The van der Waals surface area contributed by atoms with Crippen molar-refractivity contribution < 1.29 is 0 Å². The van der Waals surface area contributed by atoms with Gasteiger partial charge in [-0.05, 0) is 46.4 Å². The van der Waals surface area contributed by atoms with E-state index >= 15 is 0 Å². The Morgan fingerprint density at radius 2 is 1.36 bits per heavy atom. The van der Waals surface area contributed by atoms with Gasteiger partial charge in [-0.25, -0.2) is 0 Å². The molecule has 0 radical (unpaired) electrons. The Morgan fingerprint density at radius 3 is 2.04 bits per heavy atom. The van der Waals surface area contributed by atoms with Crippen molar-refractivity contribution in [2.75, 3.05) is 0 Å². The molecule has 0 saturated heterocycles. The fourth-order valence-electron chi connectivity index (χ4n) is 3.28. The van der Waals surface area contributed by atoms with Crippen LogP contribution in [0.15, 0.2) is 78.9 Å². The summed E-state index contributed by atoms with van der Waals surface area (Å²) in [7, 11) is 0. The fourth-order valence-corrected chi connectivity index (χ4v) is 3.28. The molecular formula is C22H19N3. The molecular weight excluding hydrogens is 306 g/mol. The van der Waals surface area contributed by atoms with Crippen LogP contribution in [-0.2, 0) is 0 Å². The van der Waals surface area contributed by atoms with Crippen LogP contribution in [0.25, 0.3) is 22.2 Å². The summed E-state index contributed by atoms with van der Waals surface area (Å²) < 4.78 is 0. The van der Waals surface area contributed by atoms with Crippen molar-refractivity contribution in [2.24, 2.45) is 0 Å². The normalized spacial score (nSPS) is 12.2. The van der Waals surface area contributed by atoms with E-state index in [-0.39, 0.29) is 0 Å². The van der Waals surface area contributed by atoms with E-state index in [1.165, 1.54) is 22.3 Å². The van der Waals surface area contributed by atoms with Gasteiger partial charge in [-0.2, -0.15) is 15.4 Å². The second-order valence-corrected chi connectivity index (χ2v) is 5.97. The second kappa shape index (κ2) is 6.73. The summed E-state index contributed by atoms with van der Waals surface area (Å²) in [5.74, 6) is 0. The maximum atomic E-state index is 4.25. The summed E-state index contributed by atoms with van der Waals surface area (Å²) in [6, 6.07) is 27.4. The third-order valence-corrected chi connectivity index (χ3v) is 4.45. The number of fused-ring (bicyclic) bond motifs is 1. The Balaban J connectivity index is 2.00. The number of H-pyrrole nitrogens is 1. The number of nitrogens with one attached hydrogen (secondary N) is 1. The highest BCUT2D eigenvalue weighted by atomic mass is 15.3. The van der Waals surface area contributed by atoms with E-state index in [0.29, 0.717) is 0 Å². The lowest BCUT2D eigenvalue weighted by molar-refractivity contribution is 0.959. The highest BCUT2D eigenvalue weighted by Crippen LogP contribution is 2.34. The quantitative estimate of drug-likeness (QED) is 0.515. The van der Waals surface area contributed by atoms with Gasteiger partial charge in [-0.3, -0.25) is 0 Å². The van der Waals surface area contributed by atoms with Gasteiger partial charge in [0.15, 0.2) is 0 Å². The number of nitrogens with zero attached hydrogens (tertiary/aromatic N) is 2. The standard InChI is InChI=1S/C22H19N3/c1-2-19(16-9-5-3-6-10-16)22(17-11-7-4-8-12-17)18-13-14-20-21(15-18)24-25-23-20/h3-15H,2H2,1H3,(H,23,24,25)/b22-19+. The Morgan fingerprint density at radius 1 is 0.720 bits per heavy atom. The summed E-state index contributed by atoms with van der Waals surface area (Å²) in [4.78, 5) is 0. The second-order valence-electron chi connectivity index (χ2n) is 5.97. The average Bonchev–Trinajstić information content (AvgIpc) is 3.15. The average molecular weight is 325 g/mol. The van der Waals surface area contributed by atoms with E-state index in [2.05, 4.69) is 95.1 Å². The predicted molar refractivity (Wildman–Crippen MR) is 103 cm³/mol. The van der Waals surface area contributed by atoms with Gasteiger partial charge in [0.05, 0.1) is 0 Å². The van der Waals surface area contributed by atoms with E-state index in [4.69, 9.17) is 0 Å². The molecule has 0 atom stereocenters. The molecule has 0 fully saturated rings. The summed E-state index contributed by atoms with van der Waals surface area (Å²) in [6.45, 7) is 2.21. The highest BCUT2D eigenvalue weighted by molar-refractivity contribution is 5.99. The van der Waals surface area contributed by atoms with Crippen LogP contribution in [0.1, 0.15) is 30.0 Å². The molecule has 0 aliphatic rings. The molecule has 0 spiro atoms. The number of aromatic amines is 1. The number of hydrogen-bond donors (Lipinski definition) is 1. The Bertz CT molecular complexity index is 1010. The summed E-state index contributed by atoms with van der Waals surface area (Å²) in [5.41, 5.74) is 7.97. The molecule has 0 bridgehead atoms. The van der Waals surface area contributed by atoms with E-state index in [1.807, 2.05) is 6.07 Å². The number of rotatable bonds is 4. The van der Waals surface area contributed by atoms with Crippen LogP contribution in [0.3, 0.4) is 0 Å². The molecule has 3 aromatic carbocycles. The van der Waals surface area contributed by atoms with Crippen LogP contribution in [0.5, 0.6) is 0 Å². The van der Waals surface area contributed by atoms with Crippen LogP contribution < -0.4 is 0 Å². The largest absolute Gasteiger partial charge is 0.197 e. The first-order chi connectivity index (χ1) is 12.4. The van der Waals surface area contributed by atoms with Crippen molar-refractivity contribution in [1.82, 2.24) is 15.4 Å². The molecule has 3 heteroatoms. The van der Waals surface area contributed by atoms with Crippen LogP contribution in [0.4, 0.5) is 0 Å². The van der Waals surface area contributed by atoms with E-state index in [9.17, 15) is 0 Å². The first kappa shape index (κ1) is 15.3. The maximum absolute atomic E-state index is 4.25. The molecule has 4 aromatic rings. The first-order valence-corrected chi connectivity index (χ1v) is 8.51. The Kier molecular flexibility index (Phi) is 4.13. The topological polar surface area (TPSA) is 41.6 Å². The highest BCUT2D eigenvalue weighted by Gasteiger charge is 2.13. The zero-order valence-electron chi connectivity index (χ0n) is 14.1. The van der Waals surface area contributed by atoms with Crippen molar-refractivity contribution in [3.8, 4) is 0 Å². The minimum Gasteiger partial charge on any atom is -0.197 e. The van der Waals surface area contributed by atoms with Crippen molar-refractivity contribution in [1.29, 1.82) is 0 Å². The molecule has 1 heterocycles. The van der Waals surface area contributed by atoms with E-state index in [0.717, 1.165) is 23.0 Å². The molecule has 0 unspecified atom stereocenters. The SMILES string of the molecule is CC/C(=C(/c1ccccc1)c1ccc2n[nH]nc2c1)c1ccccc1. The number of hydrogen-bond acceptors (Lipinski definition) is 2. The van der Waals surface area contributed by atoms with Gasteiger partial charge in [-0.15, -0.1) is 0 Å². The molecule has 25 heavy (non-hydrogen) atoms. The lowest BCUT2D eigenvalue weighted by Crippen LogP contribution is -1.95. The van der Waals surface area contributed by atoms with Gasteiger partial charge in [-0.1, -0.05) is 73.7 Å². The van der Waals surface area contributed by atoms with Gasteiger partial charge >= 0.3 is 0 Å². The number of allylic oxidation sites excluding steroid dienone is 1. The number of aromatic nitrogens is 3.